The summed E-state index contributed by atoms with van der Waals surface area (Å²) in [5.74, 6) is 0. The van der Waals surface area contributed by atoms with Crippen LogP contribution in [0, 0.1) is 0 Å². The van der Waals surface area contributed by atoms with Crippen LogP contribution < -0.4 is 0 Å². The molecule has 0 fully saturated rings. The van der Waals surface area contributed by atoms with Gasteiger partial charge in [-0.1, -0.05) is 95.1 Å². The van der Waals surface area contributed by atoms with Crippen LogP contribution in [0.25, 0.3) is 32.3 Å². The smallest absolute Gasteiger partial charge is 0.0263 e. The Bertz CT molecular complexity index is 1100. The van der Waals surface area contributed by atoms with Crippen molar-refractivity contribution in [3.63, 3.8) is 0 Å². The van der Waals surface area contributed by atoms with E-state index >= 15 is 0 Å². The van der Waals surface area contributed by atoms with E-state index in [0.717, 1.165) is 4.47 Å². The summed E-state index contributed by atoms with van der Waals surface area (Å²) in [4.78, 5) is 0. The fourth-order valence-electron chi connectivity index (χ4n) is 3.59. The second kappa shape index (κ2) is 5.57. The third-order valence-electron chi connectivity index (χ3n) is 4.71. The summed E-state index contributed by atoms with van der Waals surface area (Å²) in [6.45, 7) is 6.82. The molecule has 0 aromatic heterocycles. The summed E-state index contributed by atoms with van der Waals surface area (Å²) >= 11 is 7.62. The van der Waals surface area contributed by atoms with Crippen molar-refractivity contribution in [3.8, 4) is 0 Å². The van der Waals surface area contributed by atoms with Gasteiger partial charge in [-0.25, -0.2) is 0 Å². The quantitative estimate of drug-likeness (QED) is 0.242. The van der Waals surface area contributed by atoms with Crippen LogP contribution in [0.1, 0.15) is 26.3 Å². The van der Waals surface area contributed by atoms with Crippen LogP contribution in [0.15, 0.2) is 63.5 Å². The van der Waals surface area contributed by atoms with Gasteiger partial charge < -0.3 is 0 Å². The molecule has 0 heterocycles. The first-order valence-electron chi connectivity index (χ1n) is 8.10. The molecule has 0 amide bonds. The van der Waals surface area contributed by atoms with Crippen LogP contribution in [-0.2, 0) is 5.41 Å². The van der Waals surface area contributed by atoms with E-state index in [1.54, 1.807) is 0 Å². The molecule has 120 valence electrons. The molecule has 0 saturated carbocycles. The lowest BCUT2D eigenvalue weighted by molar-refractivity contribution is 0.596. The van der Waals surface area contributed by atoms with Gasteiger partial charge in [0, 0.05) is 14.3 Å². The van der Waals surface area contributed by atoms with E-state index in [2.05, 4.69) is 107 Å². The Morgan fingerprint density at radius 2 is 1.21 bits per heavy atom. The SMILES string of the molecule is CC(C)(C)c1cccc2c1c(Br)cc1c3ccccc3c(Br)cc21. The maximum Gasteiger partial charge on any atom is 0.0263 e. The Morgan fingerprint density at radius 3 is 1.92 bits per heavy atom. The van der Waals surface area contributed by atoms with Crippen molar-refractivity contribution in [1.29, 1.82) is 0 Å². The van der Waals surface area contributed by atoms with Crippen molar-refractivity contribution in [2.45, 2.75) is 26.2 Å². The van der Waals surface area contributed by atoms with E-state index in [9.17, 15) is 0 Å². The fraction of sp³-hybridized carbons (Fsp3) is 0.182. The molecule has 24 heavy (non-hydrogen) atoms. The summed E-state index contributed by atoms with van der Waals surface area (Å²) in [5.41, 5.74) is 1.47. The third kappa shape index (κ3) is 2.39. The predicted octanol–water partition coefficient (Wildman–Crippen LogP) is 7.97. The zero-order chi connectivity index (χ0) is 17.1. The zero-order valence-corrected chi connectivity index (χ0v) is 17.1. The van der Waals surface area contributed by atoms with Gasteiger partial charge >= 0.3 is 0 Å². The van der Waals surface area contributed by atoms with Gasteiger partial charge in [-0.2, -0.15) is 0 Å². The molecule has 0 bridgehead atoms. The number of rotatable bonds is 0. The van der Waals surface area contributed by atoms with Crippen molar-refractivity contribution in [2.75, 3.05) is 0 Å². The Balaban J connectivity index is 2.28. The Hall–Kier alpha value is -1.38. The maximum absolute atomic E-state index is 3.85. The largest absolute Gasteiger partial charge is 0.0616 e. The molecular formula is C22H18Br2. The van der Waals surface area contributed by atoms with E-state index < -0.39 is 0 Å². The molecule has 0 radical (unpaired) electrons. The first-order chi connectivity index (χ1) is 11.4. The second-order valence-electron chi connectivity index (χ2n) is 7.34. The fourth-order valence-corrected chi connectivity index (χ4v) is 4.82. The number of hydrogen-bond donors (Lipinski definition) is 0. The molecular weight excluding hydrogens is 424 g/mol. The average Bonchev–Trinajstić information content (AvgIpc) is 2.55. The highest BCUT2D eigenvalue weighted by molar-refractivity contribution is 9.11. The van der Waals surface area contributed by atoms with Crippen molar-refractivity contribution >= 4 is 64.2 Å². The van der Waals surface area contributed by atoms with Gasteiger partial charge in [0.15, 0.2) is 0 Å². The van der Waals surface area contributed by atoms with E-state index in [0.29, 0.717) is 0 Å². The highest BCUT2D eigenvalue weighted by Gasteiger charge is 2.20. The van der Waals surface area contributed by atoms with Crippen LogP contribution in [0.2, 0.25) is 0 Å². The van der Waals surface area contributed by atoms with E-state index in [1.807, 2.05) is 0 Å². The molecule has 4 rings (SSSR count). The molecule has 0 N–H and O–H groups in total. The highest BCUT2D eigenvalue weighted by Crippen LogP contribution is 2.42. The van der Waals surface area contributed by atoms with Crippen molar-refractivity contribution in [2.24, 2.45) is 0 Å². The van der Waals surface area contributed by atoms with Crippen molar-refractivity contribution in [1.82, 2.24) is 0 Å². The molecule has 4 aromatic carbocycles. The van der Waals surface area contributed by atoms with Crippen molar-refractivity contribution in [3.05, 3.63) is 69.1 Å². The number of benzene rings is 4. The first kappa shape index (κ1) is 16.1. The van der Waals surface area contributed by atoms with Gasteiger partial charge in [0.2, 0.25) is 0 Å². The van der Waals surface area contributed by atoms with Gasteiger partial charge in [0.05, 0.1) is 0 Å². The Labute approximate surface area is 159 Å². The van der Waals surface area contributed by atoms with Crippen molar-refractivity contribution < 1.29 is 0 Å². The standard InChI is InChI=1S/C22H18Br2/c1-22(2,3)18-10-6-9-15-17-11-19(23)14-8-5-4-7-13(14)16(17)12-20(24)21(15)18/h4-12H,1-3H3. The van der Waals surface area contributed by atoms with E-state index in [4.69, 9.17) is 0 Å². The molecule has 0 saturated heterocycles. The van der Waals surface area contributed by atoms with Crippen LogP contribution in [0.3, 0.4) is 0 Å². The van der Waals surface area contributed by atoms with Crippen LogP contribution in [-0.4, -0.2) is 0 Å². The third-order valence-corrected chi connectivity index (χ3v) is 5.99. The second-order valence-corrected chi connectivity index (χ2v) is 9.04. The lowest BCUT2D eigenvalue weighted by atomic mass is 9.82. The summed E-state index contributed by atoms with van der Waals surface area (Å²) in [6, 6.07) is 19.8. The lowest BCUT2D eigenvalue weighted by Gasteiger charge is -2.23. The minimum Gasteiger partial charge on any atom is -0.0616 e. The van der Waals surface area contributed by atoms with Crippen LogP contribution in [0.5, 0.6) is 0 Å². The number of halogens is 2. The summed E-state index contributed by atoms with van der Waals surface area (Å²) < 4.78 is 2.32. The normalized spacial score (nSPS) is 12.4. The van der Waals surface area contributed by atoms with Gasteiger partial charge in [-0.15, -0.1) is 0 Å². The molecule has 0 aliphatic rings. The first-order valence-corrected chi connectivity index (χ1v) is 9.69. The molecule has 4 aromatic rings. The minimum atomic E-state index is 0.101. The Kier molecular flexibility index (Phi) is 3.74. The molecule has 2 heteroatoms. The van der Waals surface area contributed by atoms with Gasteiger partial charge in [0.25, 0.3) is 0 Å². The molecule has 0 spiro atoms. The molecule has 0 atom stereocenters. The lowest BCUT2D eigenvalue weighted by Crippen LogP contribution is -2.11. The topological polar surface area (TPSA) is 0 Å². The number of fused-ring (bicyclic) bond motifs is 5. The van der Waals surface area contributed by atoms with Gasteiger partial charge in [0.1, 0.15) is 0 Å². The molecule has 0 aliphatic heterocycles. The van der Waals surface area contributed by atoms with Crippen LogP contribution >= 0.6 is 31.9 Å². The predicted molar refractivity (Wildman–Crippen MR) is 113 cm³/mol. The molecule has 0 unspecified atom stereocenters. The number of hydrogen-bond acceptors (Lipinski definition) is 0. The van der Waals surface area contributed by atoms with Gasteiger partial charge in [-0.3, -0.25) is 0 Å². The van der Waals surface area contributed by atoms with Gasteiger partial charge in [-0.05, 0) is 50.0 Å². The average molecular weight is 442 g/mol. The van der Waals surface area contributed by atoms with Crippen LogP contribution in [0.4, 0.5) is 0 Å². The van der Waals surface area contributed by atoms with E-state index in [1.165, 1.54) is 42.4 Å². The van der Waals surface area contributed by atoms with E-state index in [-0.39, 0.29) is 5.41 Å². The Morgan fingerprint density at radius 1 is 0.625 bits per heavy atom. The highest BCUT2D eigenvalue weighted by atomic mass is 79.9. The summed E-state index contributed by atoms with van der Waals surface area (Å²) in [5, 5.41) is 7.75. The molecule has 0 aliphatic carbocycles. The monoisotopic (exact) mass is 440 g/mol. The zero-order valence-electron chi connectivity index (χ0n) is 14.0. The summed E-state index contributed by atoms with van der Waals surface area (Å²) in [6.07, 6.45) is 0. The summed E-state index contributed by atoms with van der Waals surface area (Å²) in [7, 11) is 0. The maximum atomic E-state index is 3.85. The molecule has 0 nitrogen and oxygen atoms in total. The minimum absolute atomic E-state index is 0.101.